The van der Waals surface area contributed by atoms with Gasteiger partial charge in [-0.05, 0) is 88.2 Å². The molecule has 5 aliphatic rings. The van der Waals surface area contributed by atoms with E-state index < -0.39 is 0 Å². The Morgan fingerprint density at radius 2 is 1.88 bits per heavy atom. The number of unbranched alkanes of at least 4 members (excludes halogenated alkanes) is 2. The number of fused-ring (bicyclic) bond motifs is 2. The van der Waals surface area contributed by atoms with Gasteiger partial charge < -0.3 is 24.8 Å². The van der Waals surface area contributed by atoms with Gasteiger partial charge in [0.25, 0.3) is 0 Å². The minimum atomic E-state index is -0.357. The van der Waals surface area contributed by atoms with Crippen molar-refractivity contribution in [2.45, 2.75) is 139 Å². The van der Waals surface area contributed by atoms with Crippen LogP contribution < -0.4 is 20.0 Å². The lowest BCUT2D eigenvalue weighted by Gasteiger charge is -2.33. The van der Waals surface area contributed by atoms with Crippen molar-refractivity contribution in [3.63, 3.8) is 0 Å². The molecule has 4 unspecified atom stereocenters. The van der Waals surface area contributed by atoms with Crippen molar-refractivity contribution in [2.75, 3.05) is 60.3 Å². The number of hydrogen-bond acceptors (Lipinski definition) is 10. The molecule has 4 atom stereocenters. The maximum absolute atomic E-state index is 13.6. The first-order valence-corrected chi connectivity index (χ1v) is 22.2. The number of rotatable bonds is 18. The van der Waals surface area contributed by atoms with Gasteiger partial charge in [0, 0.05) is 75.8 Å². The summed E-state index contributed by atoms with van der Waals surface area (Å²) in [6.45, 7) is 7.93. The summed E-state index contributed by atoms with van der Waals surface area (Å²) in [4.78, 5) is 67.9. The van der Waals surface area contributed by atoms with Gasteiger partial charge in [-0.1, -0.05) is 57.2 Å². The van der Waals surface area contributed by atoms with Crippen molar-refractivity contribution in [2.24, 2.45) is 5.92 Å². The van der Waals surface area contributed by atoms with Gasteiger partial charge >= 0.3 is 0 Å². The molecule has 1 aromatic heterocycles. The number of likely N-dealkylation sites (tertiary alicyclic amines) is 1. The summed E-state index contributed by atoms with van der Waals surface area (Å²) in [6, 6.07) is 6.35. The van der Waals surface area contributed by atoms with E-state index in [4.69, 9.17) is 9.97 Å². The zero-order valence-electron chi connectivity index (χ0n) is 34.0. The van der Waals surface area contributed by atoms with Crippen molar-refractivity contribution in [1.29, 1.82) is 0 Å². The molecule has 13 heteroatoms. The lowest BCUT2D eigenvalue weighted by atomic mass is 10.0. The first kappa shape index (κ1) is 40.5. The molecule has 4 fully saturated rings. The topological polar surface area (TPSA) is 122 Å². The largest absolute Gasteiger partial charge is 0.363 e. The van der Waals surface area contributed by atoms with Gasteiger partial charge in [0.15, 0.2) is 0 Å². The maximum Gasteiger partial charge on any atom is 0.239 e. The Morgan fingerprint density at radius 3 is 2.57 bits per heavy atom. The third-order valence-electron chi connectivity index (χ3n) is 13.2. The van der Waals surface area contributed by atoms with Crippen LogP contribution in [0, 0.1) is 5.92 Å². The average Bonchev–Trinajstić information content (AvgIpc) is 3.60. The van der Waals surface area contributed by atoms with E-state index >= 15 is 0 Å². The highest BCUT2D eigenvalue weighted by Crippen LogP contribution is 2.58. The summed E-state index contributed by atoms with van der Waals surface area (Å²) in [5, 5.41) is 4.04. The number of hydrogen-bond donors (Lipinski definition) is 1. The first-order chi connectivity index (χ1) is 27.2. The van der Waals surface area contributed by atoms with E-state index in [1.165, 1.54) is 12.8 Å². The molecule has 2 aliphatic carbocycles. The summed E-state index contributed by atoms with van der Waals surface area (Å²) in [6.07, 6.45) is 17.7. The van der Waals surface area contributed by atoms with E-state index in [2.05, 4.69) is 39.3 Å². The Hall–Kier alpha value is -3.71. The molecule has 3 amide bonds. The van der Waals surface area contributed by atoms with Crippen LogP contribution in [0.3, 0.4) is 0 Å². The smallest absolute Gasteiger partial charge is 0.239 e. The summed E-state index contributed by atoms with van der Waals surface area (Å²) >= 11 is 1.92. The molecule has 1 aromatic carbocycles. The number of likely N-dealkylation sites (N-methyl/N-ethyl adjacent to an activating group) is 1. The van der Waals surface area contributed by atoms with Crippen LogP contribution in [0.4, 0.5) is 23.1 Å². The minimum Gasteiger partial charge on any atom is -0.363 e. The molecule has 1 N–H and O–H groups in total. The predicted molar refractivity (Wildman–Crippen MR) is 224 cm³/mol. The van der Waals surface area contributed by atoms with Crippen molar-refractivity contribution < 1.29 is 19.2 Å². The normalized spacial score (nSPS) is 23.7. The van der Waals surface area contributed by atoms with Gasteiger partial charge in [-0.2, -0.15) is 4.98 Å². The molecule has 0 radical (unpaired) electrons. The number of aryl methyl sites for hydroxylation is 1. The summed E-state index contributed by atoms with van der Waals surface area (Å²) in [5.41, 5.74) is 3.50. The van der Waals surface area contributed by atoms with Crippen LogP contribution in [0.1, 0.15) is 115 Å². The highest BCUT2D eigenvalue weighted by molar-refractivity contribution is 7.97. The number of aldehydes is 1. The fourth-order valence-corrected chi connectivity index (χ4v) is 10.9. The lowest BCUT2D eigenvalue weighted by Crippen LogP contribution is -2.42. The summed E-state index contributed by atoms with van der Waals surface area (Å²) in [7, 11) is 3.69. The fraction of sp³-hybridized carbons (Fsp3) is 0.674. The van der Waals surface area contributed by atoms with E-state index in [9.17, 15) is 19.2 Å². The zero-order chi connectivity index (χ0) is 39.4. The van der Waals surface area contributed by atoms with E-state index in [-0.39, 0.29) is 29.3 Å². The Kier molecular flexibility index (Phi) is 12.9. The SMILES string of the molecule is CCCC(C=O)N(C)c1cccc(CCCCCC(=O)N2CCC(SN3CCC(Nc4ncc5c(n4)N(C4CCCC4C)C(=O)C54CC4)CC3)C2)c1N(C)C=O. The van der Waals surface area contributed by atoms with Crippen LogP contribution >= 0.6 is 11.9 Å². The van der Waals surface area contributed by atoms with E-state index in [1.54, 1.807) is 11.9 Å². The van der Waals surface area contributed by atoms with Crippen LogP contribution in [0.15, 0.2) is 24.4 Å². The molecule has 304 valence electrons. The second kappa shape index (κ2) is 17.8. The van der Waals surface area contributed by atoms with E-state index in [1.807, 2.05) is 42.2 Å². The molecule has 1 spiro atoms. The molecular formula is C43H62N8O4S. The number of carbonyl (C=O) groups excluding carboxylic acids is 4. The third-order valence-corrected chi connectivity index (χ3v) is 14.5. The fourth-order valence-electron chi connectivity index (χ4n) is 9.65. The Morgan fingerprint density at radius 1 is 1.07 bits per heavy atom. The standard InChI is InChI=1S/C43H62N8O4S/c1-5-11-33(28-52)48(4)37-16-10-14-31(39(37)47(3)29-53)13-7-6-8-17-38(54)49-23-20-34(27-49)56-50-24-18-32(19-25-50)45-42-44-26-35-40(46-42)51(36-15-9-12-30(36)2)41(55)43(35)21-22-43/h10,14,16,26,28-30,32-34,36H,5-9,11-13,15,17-25,27H2,1-4H3,(H,44,45,46). The molecule has 0 bridgehead atoms. The summed E-state index contributed by atoms with van der Waals surface area (Å²) < 4.78 is 2.48. The van der Waals surface area contributed by atoms with Gasteiger partial charge in [-0.15, -0.1) is 0 Å². The monoisotopic (exact) mass is 786 g/mol. The lowest BCUT2D eigenvalue weighted by molar-refractivity contribution is -0.130. The number of aromatic nitrogens is 2. The Bertz CT molecular complexity index is 1730. The predicted octanol–water partition coefficient (Wildman–Crippen LogP) is 6.37. The first-order valence-electron chi connectivity index (χ1n) is 21.3. The van der Waals surface area contributed by atoms with Crippen molar-refractivity contribution >= 4 is 59.6 Å². The Balaban J connectivity index is 0.827. The van der Waals surface area contributed by atoms with Crippen LogP contribution in [0.2, 0.25) is 0 Å². The highest BCUT2D eigenvalue weighted by Gasteiger charge is 2.62. The number of piperidine rings is 1. The van der Waals surface area contributed by atoms with E-state index in [0.29, 0.717) is 29.6 Å². The summed E-state index contributed by atoms with van der Waals surface area (Å²) in [5.74, 6) is 2.51. The number of amides is 3. The van der Waals surface area contributed by atoms with Crippen LogP contribution in [-0.4, -0.2) is 107 Å². The quantitative estimate of drug-likeness (QED) is 0.104. The van der Waals surface area contributed by atoms with E-state index in [0.717, 1.165) is 144 Å². The zero-order valence-corrected chi connectivity index (χ0v) is 34.8. The number of para-hydroxylation sites is 1. The number of anilines is 4. The van der Waals surface area contributed by atoms with Gasteiger partial charge in [0.1, 0.15) is 12.1 Å². The van der Waals surface area contributed by atoms with Gasteiger partial charge in [0.05, 0.1) is 22.8 Å². The molecule has 2 saturated carbocycles. The highest BCUT2D eigenvalue weighted by atomic mass is 32.2. The molecule has 2 aromatic rings. The van der Waals surface area contributed by atoms with Gasteiger partial charge in [0.2, 0.25) is 24.2 Å². The second-order valence-corrected chi connectivity index (χ2v) is 18.4. The van der Waals surface area contributed by atoms with Crippen molar-refractivity contribution in [1.82, 2.24) is 19.2 Å². The number of nitrogens with zero attached hydrogens (tertiary/aromatic N) is 7. The molecule has 2 saturated heterocycles. The molecule has 7 rings (SSSR count). The number of nitrogens with one attached hydrogen (secondary N) is 1. The Labute approximate surface area is 337 Å². The average molecular weight is 787 g/mol. The molecule has 4 heterocycles. The van der Waals surface area contributed by atoms with Gasteiger partial charge in [-0.3, -0.25) is 23.6 Å². The third kappa shape index (κ3) is 8.44. The molecular weight excluding hydrogens is 725 g/mol. The van der Waals surface area contributed by atoms with Crippen LogP contribution in [-0.2, 0) is 31.0 Å². The number of benzene rings is 1. The molecule has 12 nitrogen and oxygen atoms in total. The second-order valence-electron chi connectivity index (χ2n) is 17.0. The maximum atomic E-state index is 13.6. The molecule has 3 aliphatic heterocycles. The minimum absolute atomic E-state index is 0.239. The van der Waals surface area contributed by atoms with Crippen LogP contribution in [0.5, 0.6) is 0 Å². The number of carbonyl (C=O) groups is 4. The van der Waals surface area contributed by atoms with Gasteiger partial charge in [-0.25, -0.2) is 4.98 Å². The van der Waals surface area contributed by atoms with Crippen LogP contribution in [0.25, 0.3) is 0 Å². The van der Waals surface area contributed by atoms with Crippen molar-refractivity contribution in [3.05, 3.63) is 35.5 Å². The molecule has 56 heavy (non-hydrogen) atoms. The van der Waals surface area contributed by atoms with Crippen molar-refractivity contribution in [3.8, 4) is 0 Å².